The highest BCUT2D eigenvalue weighted by Crippen LogP contribution is 2.03. The van der Waals surface area contributed by atoms with E-state index in [0.717, 1.165) is 0 Å². The van der Waals surface area contributed by atoms with Crippen molar-refractivity contribution in [2.75, 3.05) is 26.3 Å². The van der Waals surface area contributed by atoms with Gasteiger partial charge in [-0.3, -0.25) is 4.79 Å². The lowest BCUT2D eigenvalue weighted by molar-refractivity contribution is -0.134. The lowest BCUT2D eigenvalue weighted by Crippen LogP contribution is -2.47. The smallest absolute Gasteiger partial charge is 0.239 e. The number of rotatable bonds is 7. The average molecular weight is 216 g/mol. The molecule has 0 spiro atoms. The lowest BCUT2D eigenvalue weighted by atomic mass is 10.0. The first kappa shape index (κ1) is 14.4. The monoisotopic (exact) mass is 216 g/mol. The van der Waals surface area contributed by atoms with Crippen LogP contribution in [0.15, 0.2) is 0 Å². The minimum absolute atomic E-state index is 0.0206. The van der Waals surface area contributed by atoms with Gasteiger partial charge in [0.2, 0.25) is 5.91 Å². The Morgan fingerprint density at radius 2 is 2.00 bits per heavy atom. The molecule has 90 valence electrons. The number of nitrogens with zero attached hydrogens (tertiary/aromatic N) is 1. The van der Waals surface area contributed by atoms with E-state index in [1.165, 1.54) is 0 Å². The molecule has 0 bridgehead atoms. The zero-order chi connectivity index (χ0) is 11.8. The van der Waals surface area contributed by atoms with E-state index in [2.05, 4.69) is 0 Å². The standard InChI is InChI=1S/C11H24N2O2/c1-5-13(7-8-15-6-2)11(14)10(12)9(3)4/h9-10H,5-8,12H2,1-4H3/t10-/m1/s1. The van der Waals surface area contributed by atoms with Gasteiger partial charge in [0.15, 0.2) is 0 Å². The quantitative estimate of drug-likeness (QED) is 0.642. The first-order valence-corrected chi connectivity index (χ1v) is 5.66. The van der Waals surface area contributed by atoms with Crippen molar-refractivity contribution in [3.63, 3.8) is 0 Å². The predicted molar refractivity (Wildman–Crippen MR) is 61.6 cm³/mol. The van der Waals surface area contributed by atoms with Gasteiger partial charge >= 0.3 is 0 Å². The summed E-state index contributed by atoms with van der Waals surface area (Å²) in [6, 6.07) is -0.397. The molecule has 0 radical (unpaired) electrons. The minimum Gasteiger partial charge on any atom is -0.380 e. The molecule has 0 saturated carbocycles. The van der Waals surface area contributed by atoms with E-state index < -0.39 is 6.04 Å². The summed E-state index contributed by atoms with van der Waals surface area (Å²) in [7, 11) is 0. The normalized spacial score (nSPS) is 12.9. The molecule has 1 atom stereocenters. The van der Waals surface area contributed by atoms with E-state index in [1.54, 1.807) is 4.90 Å². The summed E-state index contributed by atoms with van der Waals surface area (Å²) in [6.45, 7) is 10.4. The number of amides is 1. The molecule has 1 amide bonds. The topological polar surface area (TPSA) is 55.6 Å². The number of hydrogen-bond donors (Lipinski definition) is 1. The Morgan fingerprint density at radius 1 is 1.40 bits per heavy atom. The molecule has 0 aromatic carbocycles. The van der Waals surface area contributed by atoms with Crippen LogP contribution in [0.5, 0.6) is 0 Å². The zero-order valence-corrected chi connectivity index (χ0v) is 10.3. The highest BCUT2D eigenvalue weighted by atomic mass is 16.5. The second-order valence-corrected chi connectivity index (χ2v) is 3.88. The highest BCUT2D eigenvalue weighted by molar-refractivity contribution is 5.81. The Kier molecular flexibility index (Phi) is 7.34. The summed E-state index contributed by atoms with van der Waals surface area (Å²) >= 11 is 0. The fraction of sp³-hybridized carbons (Fsp3) is 0.909. The van der Waals surface area contributed by atoms with Crippen LogP contribution >= 0.6 is 0 Å². The van der Waals surface area contributed by atoms with Crippen molar-refractivity contribution in [3.8, 4) is 0 Å². The molecule has 0 saturated heterocycles. The van der Waals surface area contributed by atoms with Gasteiger partial charge in [0.1, 0.15) is 0 Å². The van der Waals surface area contributed by atoms with Gasteiger partial charge in [0.25, 0.3) is 0 Å². The summed E-state index contributed by atoms with van der Waals surface area (Å²) in [5.41, 5.74) is 5.81. The van der Waals surface area contributed by atoms with Crippen LogP contribution in [0.3, 0.4) is 0 Å². The third-order valence-corrected chi connectivity index (χ3v) is 2.41. The van der Waals surface area contributed by atoms with Gasteiger partial charge in [0, 0.05) is 19.7 Å². The van der Waals surface area contributed by atoms with E-state index >= 15 is 0 Å². The summed E-state index contributed by atoms with van der Waals surface area (Å²) < 4.78 is 5.22. The molecule has 4 nitrogen and oxygen atoms in total. The number of carbonyl (C=O) groups is 1. The van der Waals surface area contributed by atoms with Crippen molar-refractivity contribution >= 4 is 5.91 Å². The van der Waals surface area contributed by atoms with Gasteiger partial charge in [-0.1, -0.05) is 13.8 Å². The molecule has 2 N–H and O–H groups in total. The highest BCUT2D eigenvalue weighted by Gasteiger charge is 2.21. The van der Waals surface area contributed by atoms with Crippen LogP contribution in [-0.4, -0.2) is 43.2 Å². The van der Waals surface area contributed by atoms with E-state index in [4.69, 9.17) is 10.5 Å². The molecule has 0 aromatic rings. The average Bonchev–Trinajstić information content (AvgIpc) is 2.22. The van der Waals surface area contributed by atoms with Crippen molar-refractivity contribution in [1.29, 1.82) is 0 Å². The van der Waals surface area contributed by atoms with Crippen molar-refractivity contribution < 1.29 is 9.53 Å². The van der Waals surface area contributed by atoms with Gasteiger partial charge in [-0.2, -0.15) is 0 Å². The Morgan fingerprint density at radius 3 is 2.40 bits per heavy atom. The van der Waals surface area contributed by atoms with E-state index in [0.29, 0.717) is 26.3 Å². The van der Waals surface area contributed by atoms with Crippen molar-refractivity contribution in [1.82, 2.24) is 4.90 Å². The van der Waals surface area contributed by atoms with Gasteiger partial charge in [-0.15, -0.1) is 0 Å². The third kappa shape index (κ3) is 5.14. The number of nitrogens with two attached hydrogens (primary N) is 1. The molecule has 0 fully saturated rings. The fourth-order valence-corrected chi connectivity index (χ4v) is 1.24. The van der Waals surface area contributed by atoms with Crippen LogP contribution in [0.2, 0.25) is 0 Å². The first-order chi connectivity index (χ1) is 7.04. The Bertz CT molecular complexity index is 183. The molecular weight excluding hydrogens is 192 g/mol. The Labute approximate surface area is 92.8 Å². The van der Waals surface area contributed by atoms with Crippen LogP contribution in [-0.2, 0) is 9.53 Å². The largest absolute Gasteiger partial charge is 0.380 e. The summed E-state index contributed by atoms with van der Waals surface area (Å²) in [5.74, 6) is 0.200. The molecular formula is C11H24N2O2. The van der Waals surface area contributed by atoms with Crippen LogP contribution in [0.25, 0.3) is 0 Å². The number of likely N-dealkylation sites (N-methyl/N-ethyl adjacent to an activating group) is 1. The van der Waals surface area contributed by atoms with Gasteiger partial charge in [0.05, 0.1) is 12.6 Å². The maximum absolute atomic E-state index is 11.9. The summed E-state index contributed by atoms with van der Waals surface area (Å²) in [4.78, 5) is 13.6. The zero-order valence-electron chi connectivity index (χ0n) is 10.3. The SMILES string of the molecule is CCOCCN(CC)C(=O)[C@H](N)C(C)C. The molecule has 0 aliphatic carbocycles. The van der Waals surface area contributed by atoms with E-state index in [1.807, 2.05) is 27.7 Å². The molecule has 0 aromatic heterocycles. The van der Waals surface area contributed by atoms with Crippen LogP contribution in [0.1, 0.15) is 27.7 Å². The predicted octanol–water partition coefficient (Wildman–Crippen LogP) is 0.855. The van der Waals surface area contributed by atoms with Crippen LogP contribution in [0.4, 0.5) is 0 Å². The number of carbonyl (C=O) groups excluding carboxylic acids is 1. The molecule has 4 heteroatoms. The van der Waals surface area contributed by atoms with Crippen LogP contribution < -0.4 is 5.73 Å². The van der Waals surface area contributed by atoms with Gasteiger partial charge in [-0.25, -0.2) is 0 Å². The maximum Gasteiger partial charge on any atom is 0.239 e. The molecule has 0 aliphatic heterocycles. The molecule has 0 rings (SSSR count). The third-order valence-electron chi connectivity index (χ3n) is 2.41. The molecule has 0 heterocycles. The summed E-state index contributed by atoms with van der Waals surface area (Å²) in [6.07, 6.45) is 0. The Balaban J connectivity index is 4.09. The fourth-order valence-electron chi connectivity index (χ4n) is 1.24. The molecule has 0 unspecified atom stereocenters. The second-order valence-electron chi connectivity index (χ2n) is 3.88. The van der Waals surface area contributed by atoms with Crippen LogP contribution in [0, 0.1) is 5.92 Å². The molecule has 0 aliphatic rings. The molecule has 15 heavy (non-hydrogen) atoms. The lowest BCUT2D eigenvalue weighted by Gasteiger charge is -2.25. The number of ether oxygens (including phenoxy) is 1. The Hall–Kier alpha value is -0.610. The second kappa shape index (κ2) is 7.65. The minimum atomic E-state index is -0.397. The van der Waals surface area contributed by atoms with Crippen molar-refractivity contribution in [2.24, 2.45) is 11.7 Å². The first-order valence-electron chi connectivity index (χ1n) is 5.66. The van der Waals surface area contributed by atoms with Crippen molar-refractivity contribution in [2.45, 2.75) is 33.7 Å². The van der Waals surface area contributed by atoms with Gasteiger partial charge < -0.3 is 15.4 Å². The van der Waals surface area contributed by atoms with Crippen molar-refractivity contribution in [3.05, 3.63) is 0 Å². The van der Waals surface area contributed by atoms with Gasteiger partial charge in [-0.05, 0) is 19.8 Å². The maximum atomic E-state index is 11.9. The van der Waals surface area contributed by atoms with E-state index in [-0.39, 0.29) is 11.8 Å². The summed E-state index contributed by atoms with van der Waals surface area (Å²) in [5, 5.41) is 0. The van der Waals surface area contributed by atoms with E-state index in [9.17, 15) is 4.79 Å². The number of hydrogen-bond acceptors (Lipinski definition) is 3.